The topological polar surface area (TPSA) is 31.1 Å². The first-order chi connectivity index (χ1) is 10.3. The number of hydrogen-bond acceptors (Lipinski definition) is 2. The van der Waals surface area contributed by atoms with Crippen molar-refractivity contribution in [3.05, 3.63) is 36.0 Å². The van der Waals surface area contributed by atoms with Gasteiger partial charge in [0.2, 0.25) is 0 Å². The molecule has 0 spiro atoms. The van der Waals surface area contributed by atoms with Gasteiger partial charge in [0.05, 0.1) is 0 Å². The highest BCUT2D eigenvalue weighted by atomic mass is 15.2. The third-order valence-corrected chi connectivity index (χ3v) is 4.59. The van der Waals surface area contributed by atoms with Crippen LogP contribution in [0, 0.1) is 5.92 Å². The highest BCUT2D eigenvalue weighted by Crippen LogP contribution is 2.32. The molecule has 0 radical (unpaired) electrons. The number of rotatable bonds is 5. The highest BCUT2D eigenvalue weighted by molar-refractivity contribution is 5.83. The Balaban J connectivity index is 1.89. The first-order valence-electron chi connectivity index (χ1n) is 8.26. The Morgan fingerprint density at radius 1 is 1.10 bits per heavy atom. The van der Waals surface area contributed by atoms with Crippen molar-refractivity contribution in [1.82, 2.24) is 15.2 Å². The molecule has 0 amide bonds. The molecule has 0 unspecified atom stereocenters. The molecule has 0 saturated carbocycles. The SMILES string of the molecule is CC(C)CC[C@@H](c1c[nH]c2ccccc12)N1CCNCC1. The van der Waals surface area contributed by atoms with Crippen LogP contribution < -0.4 is 5.32 Å². The average Bonchev–Trinajstić information content (AvgIpc) is 2.93. The summed E-state index contributed by atoms with van der Waals surface area (Å²) in [7, 11) is 0. The Kier molecular flexibility index (Phi) is 4.61. The Labute approximate surface area is 127 Å². The maximum atomic E-state index is 3.47. The van der Waals surface area contributed by atoms with Crippen LogP contribution in [-0.4, -0.2) is 36.1 Å². The van der Waals surface area contributed by atoms with Gasteiger partial charge in [0.1, 0.15) is 0 Å². The summed E-state index contributed by atoms with van der Waals surface area (Å²) in [5.74, 6) is 0.764. The van der Waals surface area contributed by atoms with Crippen molar-refractivity contribution in [2.24, 2.45) is 5.92 Å². The Hall–Kier alpha value is -1.32. The smallest absolute Gasteiger partial charge is 0.0457 e. The van der Waals surface area contributed by atoms with Gasteiger partial charge in [-0.05, 0) is 30.4 Å². The van der Waals surface area contributed by atoms with Gasteiger partial charge in [-0.1, -0.05) is 32.0 Å². The van der Waals surface area contributed by atoms with Gasteiger partial charge < -0.3 is 10.3 Å². The number of benzene rings is 1. The summed E-state index contributed by atoms with van der Waals surface area (Å²) in [6, 6.07) is 9.24. The lowest BCUT2D eigenvalue weighted by atomic mass is 9.95. The summed E-state index contributed by atoms with van der Waals surface area (Å²) >= 11 is 0. The van der Waals surface area contributed by atoms with Gasteiger partial charge >= 0.3 is 0 Å². The molecule has 3 rings (SSSR count). The van der Waals surface area contributed by atoms with Crippen LogP contribution in [0.4, 0.5) is 0 Å². The lowest BCUT2D eigenvalue weighted by Gasteiger charge is -2.35. The van der Waals surface area contributed by atoms with Crippen LogP contribution in [0.2, 0.25) is 0 Å². The van der Waals surface area contributed by atoms with Crippen molar-refractivity contribution in [3.8, 4) is 0 Å². The molecule has 2 heterocycles. The van der Waals surface area contributed by atoms with Crippen LogP contribution in [0.25, 0.3) is 10.9 Å². The Morgan fingerprint density at radius 2 is 1.86 bits per heavy atom. The van der Waals surface area contributed by atoms with E-state index in [1.807, 2.05) is 0 Å². The second kappa shape index (κ2) is 6.63. The number of piperazine rings is 1. The molecule has 1 aromatic carbocycles. The molecule has 1 fully saturated rings. The van der Waals surface area contributed by atoms with Gasteiger partial charge in [0.15, 0.2) is 0 Å². The number of para-hydroxylation sites is 1. The molecule has 1 aliphatic rings. The second-order valence-electron chi connectivity index (χ2n) is 6.56. The van der Waals surface area contributed by atoms with E-state index in [0.717, 1.165) is 32.1 Å². The zero-order chi connectivity index (χ0) is 14.7. The largest absolute Gasteiger partial charge is 0.361 e. The van der Waals surface area contributed by atoms with Crippen molar-refractivity contribution in [1.29, 1.82) is 0 Å². The minimum Gasteiger partial charge on any atom is -0.361 e. The number of hydrogen-bond donors (Lipinski definition) is 2. The van der Waals surface area contributed by atoms with Gasteiger partial charge in [0.25, 0.3) is 0 Å². The molecule has 3 heteroatoms. The number of nitrogens with zero attached hydrogens (tertiary/aromatic N) is 1. The van der Waals surface area contributed by atoms with Crippen molar-refractivity contribution < 1.29 is 0 Å². The number of fused-ring (bicyclic) bond motifs is 1. The molecule has 2 N–H and O–H groups in total. The summed E-state index contributed by atoms with van der Waals surface area (Å²) < 4.78 is 0. The van der Waals surface area contributed by atoms with Gasteiger partial charge in [-0.15, -0.1) is 0 Å². The molecule has 114 valence electrons. The lowest BCUT2D eigenvalue weighted by molar-refractivity contribution is 0.161. The molecule has 0 aliphatic carbocycles. The molecule has 21 heavy (non-hydrogen) atoms. The van der Waals surface area contributed by atoms with Gasteiger partial charge in [-0.2, -0.15) is 0 Å². The predicted molar refractivity (Wildman–Crippen MR) is 89.6 cm³/mol. The van der Waals surface area contributed by atoms with Crippen molar-refractivity contribution in [2.75, 3.05) is 26.2 Å². The first-order valence-corrected chi connectivity index (χ1v) is 8.26. The zero-order valence-electron chi connectivity index (χ0n) is 13.2. The van der Waals surface area contributed by atoms with Crippen LogP contribution in [0.1, 0.15) is 38.3 Å². The van der Waals surface area contributed by atoms with E-state index in [2.05, 4.69) is 59.5 Å². The molecule has 0 bridgehead atoms. The number of aromatic amines is 1. The zero-order valence-corrected chi connectivity index (χ0v) is 13.2. The van der Waals surface area contributed by atoms with Gasteiger partial charge in [-0.25, -0.2) is 0 Å². The van der Waals surface area contributed by atoms with Crippen molar-refractivity contribution in [2.45, 2.75) is 32.7 Å². The number of H-pyrrole nitrogens is 1. The summed E-state index contributed by atoms with van der Waals surface area (Å²) in [6.45, 7) is 9.18. The molecule has 1 aliphatic heterocycles. The van der Waals surface area contributed by atoms with E-state index >= 15 is 0 Å². The van der Waals surface area contributed by atoms with E-state index in [4.69, 9.17) is 0 Å². The molecule has 1 atom stereocenters. The van der Waals surface area contributed by atoms with E-state index in [-0.39, 0.29) is 0 Å². The van der Waals surface area contributed by atoms with E-state index < -0.39 is 0 Å². The monoisotopic (exact) mass is 285 g/mol. The second-order valence-corrected chi connectivity index (χ2v) is 6.56. The first kappa shape index (κ1) is 14.6. The highest BCUT2D eigenvalue weighted by Gasteiger charge is 2.24. The number of nitrogens with one attached hydrogen (secondary N) is 2. The molecule has 3 nitrogen and oxygen atoms in total. The maximum absolute atomic E-state index is 3.47. The predicted octanol–water partition coefficient (Wildman–Crippen LogP) is 3.55. The average molecular weight is 285 g/mol. The Bertz CT molecular complexity index is 567. The summed E-state index contributed by atoms with van der Waals surface area (Å²) in [4.78, 5) is 6.11. The summed E-state index contributed by atoms with van der Waals surface area (Å²) in [5, 5.41) is 4.86. The third-order valence-electron chi connectivity index (χ3n) is 4.59. The molecular formula is C18H27N3. The fourth-order valence-electron chi connectivity index (χ4n) is 3.39. The van der Waals surface area contributed by atoms with Crippen LogP contribution in [0.5, 0.6) is 0 Å². The molecular weight excluding hydrogens is 258 g/mol. The van der Waals surface area contributed by atoms with E-state index in [1.165, 1.54) is 29.3 Å². The quantitative estimate of drug-likeness (QED) is 0.880. The fraction of sp³-hybridized carbons (Fsp3) is 0.556. The maximum Gasteiger partial charge on any atom is 0.0457 e. The molecule has 1 saturated heterocycles. The minimum absolute atomic E-state index is 0.547. The van der Waals surface area contributed by atoms with Crippen LogP contribution in [-0.2, 0) is 0 Å². The van der Waals surface area contributed by atoms with E-state index in [9.17, 15) is 0 Å². The van der Waals surface area contributed by atoms with Crippen LogP contribution >= 0.6 is 0 Å². The summed E-state index contributed by atoms with van der Waals surface area (Å²) in [6.07, 6.45) is 4.77. The standard InChI is InChI=1S/C18H27N3/c1-14(2)7-8-18(21-11-9-19-10-12-21)16-13-20-17-6-4-3-5-15(16)17/h3-6,13-14,18-20H,7-12H2,1-2H3/t18-/m0/s1. The van der Waals surface area contributed by atoms with E-state index in [1.54, 1.807) is 0 Å². The molecule has 2 aromatic rings. The van der Waals surface area contributed by atoms with Crippen molar-refractivity contribution in [3.63, 3.8) is 0 Å². The van der Waals surface area contributed by atoms with Gasteiger partial charge in [0, 0.05) is 49.3 Å². The minimum atomic E-state index is 0.547. The van der Waals surface area contributed by atoms with Gasteiger partial charge in [-0.3, -0.25) is 4.90 Å². The summed E-state index contributed by atoms with van der Waals surface area (Å²) in [5.41, 5.74) is 2.74. The Morgan fingerprint density at radius 3 is 2.62 bits per heavy atom. The van der Waals surface area contributed by atoms with Crippen molar-refractivity contribution >= 4 is 10.9 Å². The van der Waals surface area contributed by atoms with E-state index in [0.29, 0.717) is 6.04 Å². The van der Waals surface area contributed by atoms with Crippen LogP contribution in [0.3, 0.4) is 0 Å². The van der Waals surface area contributed by atoms with Crippen LogP contribution in [0.15, 0.2) is 30.5 Å². The normalized spacial score (nSPS) is 18.4. The number of aromatic nitrogens is 1. The fourth-order valence-corrected chi connectivity index (χ4v) is 3.39. The molecule has 1 aromatic heterocycles. The third kappa shape index (κ3) is 3.30. The lowest BCUT2D eigenvalue weighted by Crippen LogP contribution is -2.45.